The number of sulfonamides is 1. The molecule has 2 fully saturated rings. The first-order chi connectivity index (χ1) is 8.57. The van der Waals surface area contributed by atoms with Crippen molar-refractivity contribution in [2.75, 3.05) is 38.5 Å². The van der Waals surface area contributed by atoms with E-state index < -0.39 is 10.0 Å². The van der Waals surface area contributed by atoms with Gasteiger partial charge in [0.2, 0.25) is 10.0 Å². The monoisotopic (exact) mass is 275 g/mol. The molecule has 6 heteroatoms. The first-order valence-corrected chi connectivity index (χ1v) is 8.65. The topological polar surface area (TPSA) is 61.4 Å². The van der Waals surface area contributed by atoms with E-state index in [-0.39, 0.29) is 11.8 Å². The molecule has 0 amide bonds. The second-order valence-electron chi connectivity index (χ2n) is 5.54. The zero-order valence-corrected chi connectivity index (χ0v) is 12.0. The summed E-state index contributed by atoms with van der Waals surface area (Å²) in [6.07, 6.45) is 3.28. The molecule has 2 N–H and O–H groups in total. The molecule has 1 aliphatic heterocycles. The van der Waals surface area contributed by atoms with Crippen LogP contribution in [0.4, 0.5) is 0 Å². The summed E-state index contributed by atoms with van der Waals surface area (Å²) in [6.45, 7) is 6.62. The Hall–Kier alpha value is -0.170. The van der Waals surface area contributed by atoms with E-state index in [0.29, 0.717) is 12.5 Å². The van der Waals surface area contributed by atoms with Crippen molar-refractivity contribution in [3.05, 3.63) is 0 Å². The molecule has 2 atom stereocenters. The molecule has 0 aromatic heterocycles. The Morgan fingerprint density at radius 2 is 2.00 bits per heavy atom. The van der Waals surface area contributed by atoms with Crippen molar-refractivity contribution in [3.63, 3.8) is 0 Å². The lowest BCUT2D eigenvalue weighted by Gasteiger charge is -2.27. The largest absolute Gasteiger partial charge is 0.314 e. The third-order valence-corrected chi connectivity index (χ3v) is 5.46. The van der Waals surface area contributed by atoms with Gasteiger partial charge in [-0.1, -0.05) is 13.3 Å². The molecule has 1 saturated heterocycles. The van der Waals surface area contributed by atoms with Gasteiger partial charge in [0, 0.05) is 38.8 Å². The summed E-state index contributed by atoms with van der Waals surface area (Å²) in [5, 5.41) is 3.27. The molecule has 18 heavy (non-hydrogen) atoms. The molecule has 106 valence electrons. The number of nitrogens with zero attached hydrogens (tertiary/aromatic N) is 1. The van der Waals surface area contributed by atoms with Crippen LogP contribution in [0.1, 0.15) is 26.2 Å². The van der Waals surface area contributed by atoms with Crippen molar-refractivity contribution in [2.45, 2.75) is 32.2 Å². The zero-order valence-electron chi connectivity index (χ0n) is 11.2. The maximum atomic E-state index is 12.0. The first-order valence-electron chi connectivity index (χ1n) is 7.00. The van der Waals surface area contributed by atoms with Gasteiger partial charge in [-0.3, -0.25) is 4.90 Å². The van der Waals surface area contributed by atoms with Crippen LogP contribution in [0.3, 0.4) is 0 Å². The highest BCUT2D eigenvalue weighted by Crippen LogP contribution is 2.25. The van der Waals surface area contributed by atoms with Gasteiger partial charge < -0.3 is 5.32 Å². The Bertz CT molecular complexity index is 352. The fourth-order valence-electron chi connectivity index (χ4n) is 2.79. The molecule has 0 radical (unpaired) electrons. The average Bonchev–Trinajstić information content (AvgIpc) is 2.73. The van der Waals surface area contributed by atoms with Gasteiger partial charge in [0.15, 0.2) is 0 Å². The number of rotatable bonds is 5. The van der Waals surface area contributed by atoms with E-state index in [1.54, 1.807) is 0 Å². The van der Waals surface area contributed by atoms with Crippen LogP contribution in [-0.2, 0) is 10.0 Å². The molecule has 1 aliphatic carbocycles. The van der Waals surface area contributed by atoms with Crippen molar-refractivity contribution in [2.24, 2.45) is 5.92 Å². The minimum atomic E-state index is -3.11. The summed E-state index contributed by atoms with van der Waals surface area (Å²) in [5.41, 5.74) is 0. The first kappa shape index (κ1) is 14.2. The van der Waals surface area contributed by atoms with E-state index >= 15 is 0 Å². The van der Waals surface area contributed by atoms with Gasteiger partial charge in [-0.05, 0) is 18.8 Å². The summed E-state index contributed by atoms with van der Waals surface area (Å²) in [5.74, 6) is 0.718. The second-order valence-corrected chi connectivity index (χ2v) is 7.42. The molecule has 0 aromatic carbocycles. The molecule has 1 heterocycles. The Kier molecular flexibility index (Phi) is 5.00. The van der Waals surface area contributed by atoms with Crippen LogP contribution in [0.2, 0.25) is 0 Å². The third-order valence-electron chi connectivity index (χ3n) is 4.08. The van der Waals surface area contributed by atoms with Crippen molar-refractivity contribution in [1.82, 2.24) is 14.9 Å². The zero-order chi connectivity index (χ0) is 13.0. The predicted molar refractivity (Wildman–Crippen MR) is 73.0 cm³/mol. The minimum Gasteiger partial charge on any atom is -0.314 e. The standard InChI is InChI=1S/C12H25N3O2S/c1-11-3-2-4-12(11)14-18(16,17)10-9-15-7-5-13-6-8-15/h11-14H,2-10H2,1H3. The number of hydrogen-bond acceptors (Lipinski definition) is 4. The van der Waals surface area contributed by atoms with Crippen LogP contribution < -0.4 is 10.0 Å². The molecule has 2 aliphatic rings. The van der Waals surface area contributed by atoms with Crippen LogP contribution in [-0.4, -0.2) is 57.8 Å². The van der Waals surface area contributed by atoms with Crippen molar-refractivity contribution >= 4 is 10.0 Å². The van der Waals surface area contributed by atoms with E-state index in [9.17, 15) is 8.42 Å². The molecule has 0 bridgehead atoms. The summed E-state index contributed by atoms with van der Waals surface area (Å²) in [7, 11) is -3.11. The maximum absolute atomic E-state index is 12.0. The SMILES string of the molecule is CC1CCCC1NS(=O)(=O)CCN1CCNCC1. The highest BCUT2D eigenvalue weighted by Gasteiger charge is 2.27. The molecule has 5 nitrogen and oxygen atoms in total. The molecular weight excluding hydrogens is 250 g/mol. The molecule has 2 unspecified atom stereocenters. The normalized spacial score (nSPS) is 30.7. The summed E-state index contributed by atoms with van der Waals surface area (Å²) in [4.78, 5) is 2.22. The van der Waals surface area contributed by atoms with Gasteiger partial charge in [0.1, 0.15) is 0 Å². The van der Waals surface area contributed by atoms with Gasteiger partial charge in [-0.2, -0.15) is 0 Å². The van der Waals surface area contributed by atoms with Crippen LogP contribution >= 0.6 is 0 Å². The Morgan fingerprint density at radius 3 is 2.61 bits per heavy atom. The molecule has 0 aromatic rings. The van der Waals surface area contributed by atoms with Gasteiger partial charge >= 0.3 is 0 Å². The Balaban J connectivity index is 1.76. The van der Waals surface area contributed by atoms with Gasteiger partial charge in [0.25, 0.3) is 0 Å². The quantitative estimate of drug-likeness (QED) is 0.741. The van der Waals surface area contributed by atoms with Crippen LogP contribution in [0, 0.1) is 5.92 Å². The lowest BCUT2D eigenvalue weighted by atomic mass is 10.1. The summed E-state index contributed by atoms with van der Waals surface area (Å²) in [6, 6.07) is 0.165. The number of nitrogens with one attached hydrogen (secondary N) is 2. The van der Waals surface area contributed by atoms with Crippen molar-refractivity contribution in [3.8, 4) is 0 Å². The smallest absolute Gasteiger partial charge is 0.213 e. The van der Waals surface area contributed by atoms with E-state index in [0.717, 1.165) is 45.4 Å². The number of piperazine rings is 1. The van der Waals surface area contributed by atoms with Crippen molar-refractivity contribution < 1.29 is 8.42 Å². The lowest BCUT2D eigenvalue weighted by Crippen LogP contribution is -2.46. The average molecular weight is 275 g/mol. The van der Waals surface area contributed by atoms with Gasteiger partial charge in [-0.15, -0.1) is 0 Å². The van der Waals surface area contributed by atoms with E-state index in [1.165, 1.54) is 0 Å². The summed E-state index contributed by atoms with van der Waals surface area (Å²) >= 11 is 0. The Labute approximate surface area is 110 Å². The van der Waals surface area contributed by atoms with Crippen LogP contribution in [0.15, 0.2) is 0 Å². The van der Waals surface area contributed by atoms with Crippen LogP contribution in [0.5, 0.6) is 0 Å². The van der Waals surface area contributed by atoms with Gasteiger partial charge in [0.05, 0.1) is 5.75 Å². The predicted octanol–water partition coefficient (Wildman–Crippen LogP) is -0.000400. The third kappa shape index (κ3) is 4.19. The maximum Gasteiger partial charge on any atom is 0.213 e. The molecule has 1 saturated carbocycles. The molecule has 0 spiro atoms. The van der Waals surface area contributed by atoms with Crippen LogP contribution in [0.25, 0.3) is 0 Å². The summed E-state index contributed by atoms with van der Waals surface area (Å²) < 4.78 is 26.9. The minimum absolute atomic E-state index is 0.165. The van der Waals surface area contributed by atoms with Gasteiger partial charge in [-0.25, -0.2) is 13.1 Å². The fourth-order valence-corrected chi connectivity index (χ4v) is 4.22. The lowest BCUT2D eigenvalue weighted by molar-refractivity contribution is 0.253. The molecular formula is C12H25N3O2S. The second kappa shape index (κ2) is 6.32. The van der Waals surface area contributed by atoms with E-state index in [1.807, 2.05) is 0 Å². The molecule has 2 rings (SSSR count). The Morgan fingerprint density at radius 1 is 1.28 bits per heavy atom. The highest BCUT2D eigenvalue weighted by molar-refractivity contribution is 7.89. The van der Waals surface area contributed by atoms with E-state index in [2.05, 4.69) is 21.9 Å². The highest BCUT2D eigenvalue weighted by atomic mass is 32.2. The van der Waals surface area contributed by atoms with E-state index in [4.69, 9.17) is 0 Å². The van der Waals surface area contributed by atoms with Crippen molar-refractivity contribution in [1.29, 1.82) is 0 Å². The number of hydrogen-bond donors (Lipinski definition) is 2. The fraction of sp³-hybridized carbons (Fsp3) is 1.00.